The van der Waals surface area contributed by atoms with Gasteiger partial charge in [-0.25, -0.2) is 19.5 Å². The molecule has 0 saturated heterocycles. The highest BCUT2D eigenvalue weighted by atomic mass is 16.6. The smallest absolute Gasteiger partial charge is 0.419 e. The van der Waals surface area contributed by atoms with Crippen LogP contribution in [-0.2, 0) is 9.47 Å². The summed E-state index contributed by atoms with van der Waals surface area (Å²) < 4.78 is 22.0. The summed E-state index contributed by atoms with van der Waals surface area (Å²) in [6.45, 7) is 13.2. The highest BCUT2D eigenvalue weighted by Crippen LogP contribution is 2.36. The number of hydrogen-bond acceptors (Lipinski definition) is 7. The van der Waals surface area contributed by atoms with Crippen molar-refractivity contribution in [3.05, 3.63) is 17.8 Å². The van der Waals surface area contributed by atoms with Crippen molar-refractivity contribution in [3.8, 4) is 11.6 Å². The van der Waals surface area contributed by atoms with Gasteiger partial charge in [-0.3, -0.25) is 0 Å². The van der Waals surface area contributed by atoms with E-state index in [1.807, 2.05) is 6.92 Å². The first-order valence-electron chi connectivity index (χ1n) is 9.35. The van der Waals surface area contributed by atoms with Crippen LogP contribution in [0.3, 0.4) is 0 Å². The second-order valence-electron chi connectivity index (χ2n) is 8.70. The summed E-state index contributed by atoms with van der Waals surface area (Å²) in [6, 6.07) is 1.79. The van der Waals surface area contributed by atoms with Gasteiger partial charge in [-0.15, -0.1) is 0 Å². The van der Waals surface area contributed by atoms with E-state index in [2.05, 4.69) is 4.98 Å². The van der Waals surface area contributed by atoms with Crippen LogP contribution in [0.5, 0.6) is 11.6 Å². The molecule has 1 unspecified atom stereocenters. The van der Waals surface area contributed by atoms with Crippen molar-refractivity contribution in [1.82, 2.24) is 9.88 Å². The van der Waals surface area contributed by atoms with Crippen LogP contribution in [0, 0.1) is 0 Å². The standard InChI is InChI=1S/C20H30N2O6/c1-13(14-8-9-21-16-15(14)25-10-11-26-16)12-22(17(23)27-19(2,3)4)18(24)28-20(5,6)7/h8-9,13H,10-12H2,1-7H3. The molecule has 0 aromatic carbocycles. The monoisotopic (exact) mass is 394 g/mol. The molecular formula is C20H30N2O6. The summed E-state index contributed by atoms with van der Waals surface area (Å²) in [6.07, 6.45) is 0.104. The lowest BCUT2D eigenvalue weighted by Crippen LogP contribution is -2.45. The molecule has 1 aliphatic heterocycles. The van der Waals surface area contributed by atoms with Gasteiger partial charge in [0, 0.05) is 24.2 Å². The zero-order chi connectivity index (χ0) is 21.1. The molecule has 0 N–H and O–H groups in total. The molecule has 1 aromatic rings. The van der Waals surface area contributed by atoms with Crippen molar-refractivity contribution in [2.24, 2.45) is 0 Å². The van der Waals surface area contributed by atoms with Crippen LogP contribution >= 0.6 is 0 Å². The molecule has 2 amide bonds. The number of carbonyl (C=O) groups is 2. The predicted molar refractivity (Wildman–Crippen MR) is 103 cm³/mol. The largest absolute Gasteiger partial charge is 0.484 e. The van der Waals surface area contributed by atoms with E-state index in [0.29, 0.717) is 24.8 Å². The Hall–Kier alpha value is -2.51. The van der Waals surface area contributed by atoms with E-state index in [-0.39, 0.29) is 12.5 Å². The zero-order valence-corrected chi connectivity index (χ0v) is 17.7. The van der Waals surface area contributed by atoms with E-state index in [0.717, 1.165) is 10.5 Å². The van der Waals surface area contributed by atoms with Crippen LogP contribution in [0.25, 0.3) is 0 Å². The third kappa shape index (κ3) is 6.00. The lowest BCUT2D eigenvalue weighted by molar-refractivity contribution is 0.000494. The van der Waals surface area contributed by atoms with Crippen molar-refractivity contribution < 1.29 is 28.5 Å². The first-order chi connectivity index (χ1) is 12.9. The Morgan fingerprint density at radius 1 is 1.07 bits per heavy atom. The Morgan fingerprint density at radius 2 is 1.61 bits per heavy atom. The number of rotatable bonds is 3. The van der Waals surface area contributed by atoms with Gasteiger partial charge < -0.3 is 18.9 Å². The quantitative estimate of drug-likeness (QED) is 0.762. The predicted octanol–water partition coefficient (Wildman–Crippen LogP) is 4.13. The summed E-state index contributed by atoms with van der Waals surface area (Å²) in [5.41, 5.74) is -0.692. The summed E-state index contributed by atoms with van der Waals surface area (Å²) in [4.78, 5) is 30.5. The average molecular weight is 394 g/mol. The topological polar surface area (TPSA) is 87.2 Å². The number of pyridine rings is 1. The van der Waals surface area contributed by atoms with E-state index in [4.69, 9.17) is 18.9 Å². The van der Waals surface area contributed by atoms with E-state index >= 15 is 0 Å². The SMILES string of the molecule is CC(CN(C(=O)OC(C)(C)C)C(=O)OC(C)(C)C)c1ccnc2c1OCCO2. The molecule has 156 valence electrons. The number of aromatic nitrogens is 1. The van der Waals surface area contributed by atoms with Gasteiger partial charge in [-0.1, -0.05) is 6.92 Å². The molecule has 8 nitrogen and oxygen atoms in total. The van der Waals surface area contributed by atoms with Gasteiger partial charge in [0.2, 0.25) is 0 Å². The van der Waals surface area contributed by atoms with Gasteiger partial charge in [-0.2, -0.15) is 0 Å². The van der Waals surface area contributed by atoms with Crippen molar-refractivity contribution in [1.29, 1.82) is 0 Å². The van der Waals surface area contributed by atoms with Gasteiger partial charge in [0.1, 0.15) is 24.4 Å². The minimum Gasteiger partial charge on any atom is -0.484 e. The number of hydrogen-bond donors (Lipinski definition) is 0. The molecule has 2 heterocycles. The maximum atomic E-state index is 12.7. The van der Waals surface area contributed by atoms with E-state index in [1.165, 1.54) is 0 Å². The van der Waals surface area contributed by atoms with E-state index in [9.17, 15) is 9.59 Å². The number of imide groups is 1. The molecule has 0 aliphatic carbocycles. The Kier molecular flexibility index (Phi) is 6.41. The lowest BCUT2D eigenvalue weighted by atomic mass is 10.0. The third-order valence-corrected chi connectivity index (χ3v) is 3.69. The van der Waals surface area contributed by atoms with Gasteiger partial charge in [0.15, 0.2) is 5.75 Å². The van der Waals surface area contributed by atoms with E-state index in [1.54, 1.807) is 53.8 Å². The lowest BCUT2D eigenvalue weighted by Gasteiger charge is -2.30. The molecule has 0 bridgehead atoms. The van der Waals surface area contributed by atoms with E-state index < -0.39 is 23.4 Å². The van der Waals surface area contributed by atoms with Crippen LogP contribution in [0.4, 0.5) is 9.59 Å². The van der Waals surface area contributed by atoms with Gasteiger partial charge in [-0.05, 0) is 47.6 Å². The number of ether oxygens (including phenoxy) is 4. The zero-order valence-electron chi connectivity index (χ0n) is 17.7. The summed E-state index contributed by atoms with van der Waals surface area (Å²) >= 11 is 0. The van der Waals surface area contributed by atoms with Crippen molar-refractivity contribution >= 4 is 12.2 Å². The first kappa shape index (κ1) is 21.8. The number of fused-ring (bicyclic) bond motifs is 1. The van der Waals surface area contributed by atoms with Gasteiger partial charge in [0.05, 0.1) is 0 Å². The molecule has 2 rings (SSSR count). The fourth-order valence-electron chi connectivity index (χ4n) is 2.59. The Balaban J connectivity index is 2.26. The molecule has 1 aliphatic rings. The molecular weight excluding hydrogens is 364 g/mol. The minimum atomic E-state index is -0.756. The third-order valence-electron chi connectivity index (χ3n) is 3.69. The average Bonchev–Trinajstić information content (AvgIpc) is 2.55. The van der Waals surface area contributed by atoms with Crippen LogP contribution in [0.15, 0.2) is 12.3 Å². The van der Waals surface area contributed by atoms with Crippen LogP contribution < -0.4 is 9.47 Å². The van der Waals surface area contributed by atoms with Crippen molar-refractivity contribution in [2.75, 3.05) is 19.8 Å². The number of amides is 2. The second kappa shape index (κ2) is 8.24. The fourth-order valence-corrected chi connectivity index (χ4v) is 2.59. The fraction of sp³-hybridized carbons (Fsp3) is 0.650. The highest BCUT2D eigenvalue weighted by molar-refractivity contribution is 5.88. The normalized spacial score (nSPS) is 14.8. The van der Waals surface area contributed by atoms with Crippen molar-refractivity contribution in [3.63, 3.8) is 0 Å². The summed E-state index contributed by atoms with van der Waals surface area (Å²) in [7, 11) is 0. The molecule has 28 heavy (non-hydrogen) atoms. The molecule has 0 saturated carbocycles. The highest BCUT2D eigenvalue weighted by Gasteiger charge is 2.33. The molecule has 8 heteroatoms. The Bertz CT molecular complexity index is 692. The maximum absolute atomic E-state index is 12.7. The van der Waals surface area contributed by atoms with Gasteiger partial charge >= 0.3 is 12.2 Å². The maximum Gasteiger partial charge on any atom is 0.419 e. The van der Waals surface area contributed by atoms with Gasteiger partial charge in [0.25, 0.3) is 5.88 Å². The molecule has 1 aromatic heterocycles. The molecule has 0 fully saturated rings. The molecule has 1 atom stereocenters. The summed E-state index contributed by atoms with van der Waals surface area (Å²) in [5.74, 6) is 0.699. The number of nitrogens with zero attached hydrogens (tertiary/aromatic N) is 2. The van der Waals surface area contributed by atoms with Crippen molar-refractivity contribution in [2.45, 2.75) is 65.6 Å². The second-order valence-corrected chi connectivity index (χ2v) is 8.70. The Morgan fingerprint density at radius 3 is 2.14 bits per heavy atom. The number of carbonyl (C=O) groups excluding carboxylic acids is 2. The minimum absolute atomic E-state index is 0.0592. The first-order valence-corrected chi connectivity index (χ1v) is 9.35. The van der Waals surface area contributed by atoms with Crippen LogP contribution in [0.2, 0.25) is 0 Å². The summed E-state index contributed by atoms with van der Waals surface area (Å²) in [5, 5.41) is 0. The van der Waals surface area contributed by atoms with Crippen LogP contribution in [0.1, 0.15) is 59.9 Å². The Labute approximate surface area is 166 Å². The molecule has 0 spiro atoms. The molecule has 0 radical (unpaired) electrons. The van der Waals surface area contributed by atoms with Crippen LogP contribution in [-0.4, -0.2) is 53.0 Å².